The van der Waals surface area contributed by atoms with Gasteiger partial charge in [-0.2, -0.15) is 0 Å². The van der Waals surface area contributed by atoms with Crippen LogP contribution in [0.4, 0.5) is 0 Å². The molecule has 2 fully saturated rings. The van der Waals surface area contributed by atoms with E-state index in [4.69, 9.17) is 9.47 Å². The Kier molecular flexibility index (Phi) is 7.41. The highest BCUT2D eigenvalue weighted by molar-refractivity contribution is 7.99. The molecule has 9 atom stereocenters. The molecule has 0 aromatic rings. The van der Waals surface area contributed by atoms with Crippen molar-refractivity contribution in [3.05, 3.63) is 12.2 Å². The first-order chi connectivity index (χ1) is 13.3. The Morgan fingerprint density at radius 1 is 1.21 bits per heavy atom. The van der Waals surface area contributed by atoms with Crippen LogP contribution in [-0.2, 0) is 14.3 Å². The van der Waals surface area contributed by atoms with Crippen molar-refractivity contribution in [3.8, 4) is 0 Å². The molecular weight excluding hydrogens is 384 g/mol. The van der Waals surface area contributed by atoms with Gasteiger partial charge in [0.15, 0.2) is 0 Å². The van der Waals surface area contributed by atoms with Gasteiger partial charge in [-0.05, 0) is 18.6 Å². The maximum absolute atomic E-state index is 13.0. The van der Waals surface area contributed by atoms with Crippen LogP contribution in [0.2, 0.25) is 0 Å². The maximum Gasteiger partial charge on any atom is 0.240 e. The summed E-state index contributed by atoms with van der Waals surface area (Å²) in [5.41, 5.74) is -0.674. The van der Waals surface area contributed by atoms with Crippen LogP contribution < -0.4 is 10.6 Å². The van der Waals surface area contributed by atoms with E-state index in [1.165, 1.54) is 11.8 Å². The Morgan fingerprint density at radius 3 is 2.64 bits per heavy atom. The number of fused-ring (bicyclic) bond motifs is 1. The summed E-state index contributed by atoms with van der Waals surface area (Å²) in [4.78, 5) is 13.0. The van der Waals surface area contributed by atoms with E-state index in [1.54, 1.807) is 6.26 Å². The van der Waals surface area contributed by atoms with E-state index in [2.05, 4.69) is 16.7 Å². The third-order valence-electron chi connectivity index (χ3n) is 5.89. The van der Waals surface area contributed by atoms with E-state index in [9.17, 15) is 20.1 Å². The lowest BCUT2D eigenvalue weighted by atomic mass is 9.88. The Labute approximate surface area is 170 Å². The molecule has 2 saturated heterocycles. The molecule has 1 amide bonds. The summed E-state index contributed by atoms with van der Waals surface area (Å²) in [7, 11) is 0. The number of aliphatic hydroxyl groups is 3. The Morgan fingerprint density at radius 2 is 1.96 bits per heavy atom. The van der Waals surface area contributed by atoms with Gasteiger partial charge in [0, 0.05) is 12.5 Å². The molecule has 0 aliphatic carbocycles. The predicted molar refractivity (Wildman–Crippen MR) is 106 cm³/mol. The maximum atomic E-state index is 13.0. The Hall–Kier alpha value is -0.680. The molecule has 0 radical (unpaired) electrons. The van der Waals surface area contributed by atoms with E-state index in [1.807, 2.05) is 19.9 Å². The number of carbonyl (C=O) groups excluding carboxylic acids is 1. The molecule has 8 nitrogen and oxygen atoms in total. The van der Waals surface area contributed by atoms with Crippen molar-refractivity contribution in [1.82, 2.24) is 10.6 Å². The Bertz CT molecular complexity index is 575. The van der Waals surface area contributed by atoms with E-state index >= 15 is 0 Å². The number of aliphatic hydroxyl groups excluding tert-OH is 3. The number of nitrogens with one attached hydrogen (secondary N) is 2. The largest absolute Gasteiger partial charge is 0.388 e. The third-order valence-corrected chi connectivity index (χ3v) is 6.74. The molecule has 5 N–H and O–H groups in total. The number of allylic oxidation sites excluding steroid dienone is 1. The summed E-state index contributed by atoms with van der Waals surface area (Å²) in [5.74, 6) is -0.00552. The second kappa shape index (κ2) is 9.42. The van der Waals surface area contributed by atoms with Gasteiger partial charge in [0.2, 0.25) is 5.91 Å². The molecule has 3 heterocycles. The lowest BCUT2D eigenvalue weighted by molar-refractivity contribution is -0.208. The van der Waals surface area contributed by atoms with E-state index in [-0.39, 0.29) is 23.8 Å². The normalized spacial score (nSPS) is 42.1. The van der Waals surface area contributed by atoms with Crippen molar-refractivity contribution in [1.29, 1.82) is 0 Å². The van der Waals surface area contributed by atoms with Crippen LogP contribution in [0.5, 0.6) is 0 Å². The van der Waals surface area contributed by atoms with Gasteiger partial charge < -0.3 is 35.4 Å². The second-order valence-corrected chi connectivity index (χ2v) is 9.04. The smallest absolute Gasteiger partial charge is 0.240 e. The number of thioether (sulfide) groups is 1. The van der Waals surface area contributed by atoms with Gasteiger partial charge in [0.05, 0.1) is 18.8 Å². The topological polar surface area (TPSA) is 120 Å². The monoisotopic (exact) mass is 416 g/mol. The van der Waals surface area contributed by atoms with Crippen molar-refractivity contribution in [2.75, 3.05) is 19.4 Å². The van der Waals surface area contributed by atoms with Crippen LogP contribution in [0, 0.1) is 11.8 Å². The van der Waals surface area contributed by atoms with Crippen LogP contribution in [0.15, 0.2) is 12.2 Å². The molecule has 28 heavy (non-hydrogen) atoms. The summed E-state index contributed by atoms with van der Waals surface area (Å²) in [6, 6.07) is -0.997. The van der Waals surface area contributed by atoms with E-state index in [0.29, 0.717) is 13.2 Å². The SMILES string of the molecule is CSC1O[C@H]([C@H](NC(=O)[C@H]2NC[C@H]3CC=CCO[C@H]32)C(C)C)C(O)C(O)[C@H]1O. The van der Waals surface area contributed by atoms with Gasteiger partial charge in [-0.1, -0.05) is 26.0 Å². The van der Waals surface area contributed by atoms with Gasteiger partial charge in [-0.25, -0.2) is 0 Å². The minimum atomic E-state index is -1.33. The zero-order chi connectivity index (χ0) is 20.4. The number of rotatable bonds is 5. The lowest BCUT2D eigenvalue weighted by Crippen LogP contribution is -2.65. The molecule has 0 bridgehead atoms. The highest BCUT2D eigenvalue weighted by atomic mass is 32.2. The molecule has 0 saturated carbocycles. The zero-order valence-corrected chi connectivity index (χ0v) is 17.3. The number of hydrogen-bond acceptors (Lipinski definition) is 8. The fourth-order valence-electron chi connectivity index (χ4n) is 4.23. The highest BCUT2D eigenvalue weighted by Gasteiger charge is 2.48. The molecule has 0 aromatic carbocycles. The average Bonchev–Trinajstić information content (AvgIpc) is 2.93. The summed E-state index contributed by atoms with van der Waals surface area (Å²) in [6.07, 6.45) is 1.86. The molecule has 9 heteroatoms. The standard InChI is InChI=1S/C19H32N2O6S/c1-9(2)11(17-14(23)13(22)15(24)19(27-17)28-3)21-18(25)12-16-10(8-20-12)6-4-5-7-26-16/h4-5,9-17,19-20,22-24H,6-8H2,1-3H3,(H,21,25)/t10-,11-,12+,13?,14?,15-,16-,17-,19?/m1/s1. The number of ether oxygens (including phenoxy) is 2. The molecule has 0 spiro atoms. The van der Waals surface area contributed by atoms with E-state index < -0.39 is 41.9 Å². The van der Waals surface area contributed by atoms with Crippen molar-refractivity contribution in [2.24, 2.45) is 11.8 Å². The number of amides is 1. The first-order valence-corrected chi connectivity index (χ1v) is 11.2. The lowest BCUT2D eigenvalue weighted by Gasteiger charge is -2.44. The number of carbonyl (C=O) groups is 1. The van der Waals surface area contributed by atoms with Gasteiger partial charge in [0.1, 0.15) is 35.9 Å². The van der Waals surface area contributed by atoms with Crippen molar-refractivity contribution in [2.45, 2.75) is 68.3 Å². The van der Waals surface area contributed by atoms with Gasteiger partial charge in [-0.15, -0.1) is 11.8 Å². The number of hydrogen-bond donors (Lipinski definition) is 5. The van der Waals surface area contributed by atoms with Crippen LogP contribution in [0.3, 0.4) is 0 Å². The van der Waals surface area contributed by atoms with Crippen LogP contribution in [-0.4, -0.2) is 88.7 Å². The molecule has 0 aromatic heterocycles. The minimum Gasteiger partial charge on any atom is -0.388 e. The van der Waals surface area contributed by atoms with Crippen LogP contribution in [0.25, 0.3) is 0 Å². The van der Waals surface area contributed by atoms with Crippen molar-refractivity contribution in [3.63, 3.8) is 0 Å². The molecule has 3 aliphatic heterocycles. The molecule has 3 aliphatic rings. The van der Waals surface area contributed by atoms with Crippen molar-refractivity contribution >= 4 is 17.7 Å². The summed E-state index contributed by atoms with van der Waals surface area (Å²) >= 11 is 1.26. The third kappa shape index (κ3) is 4.40. The van der Waals surface area contributed by atoms with E-state index in [0.717, 1.165) is 6.42 Å². The first kappa shape index (κ1) is 22.0. The fourth-order valence-corrected chi connectivity index (χ4v) is 4.91. The quantitative estimate of drug-likeness (QED) is 0.371. The Balaban J connectivity index is 1.71. The predicted octanol–water partition coefficient (Wildman–Crippen LogP) is -0.769. The fraction of sp³-hybridized carbons (Fsp3) is 0.842. The second-order valence-electron chi connectivity index (χ2n) is 8.11. The molecular formula is C19H32N2O6S. The molecule has 3 rings (SSSR count). The average molecular weight is 417 g/mol. The minimum absolute atomic E-state index is 0.0533. The first-order valence-electron chi connectivity index (χ1n) is 9.88. The summed E-state index contributed by atoms with van der Waals surface area (Å²) < 4.78 is 11.7. The molecule has 160 valence electrons. The highest BCUT2D eigenvalue weighted by Crippen LogP contribution is 2.31. The van der Waals surface area contributed by atoms with Gasteiger partial charge in [0.25, 0.3) is 0 Å². The van der Waals surface area contributed by atoms with Crippen molar-refractivity contribution < 1.29 is 29.6 Å². The van der Waals surface area contributed by atoms with Crippen LogP contribution >= 0.6 is 11.8 Å². The van der Waals surface area contributed by atoms with Gasteiger partial charge >= 0.3 is 0 Å². The summed E-state index contributed by atoms with van der Waals surface area (Å²) in [6.45, 7) is 5.04. The van der Waals surface area contributed by atoms with Crippen LogP contribution in [0.1, 0.15) is 20.3 Å². The zero-order valence-electron chi connectivity index (χ0n) is 16.5. The molecule has 3 unspecified atom stereocenters. The van der Waals surface area contributed by atoms with Gasteiger partial charge in [-0.3, -0.25) is 4.79 Å². The summed E-state index contributed by atoms with van der Waals surface area (Å²) in [5, 5.41) is 37.1.